The van der Waals surface area contributed by atoms with Gasteiger partial charge < -0.3 is 10.6 Å². The van der Waals surface area contributed by atoms with Crippen LogP contribution in [0.15, 0.2) is 30.3 Å². The lowest BCUT2D eigenvalue weighted by molar-refractivity contribution is 0.613. The Morgan fingerprint density at radius 3 is 2.71 bits per heavy atom. The first-order chi connectivity index (χ1) is 10.3. The lowest BCUT2D eigenvalue weighted by Crippen LogP contribution is -2.09. The molecule has 1 saturated carbocycles. The zero-order valence-electron chi connectivity index (χ0n) is 12.1. The van der Waals surface area contributed by atoms with Gasteiger partial charge in [0.25, 0.3) is 0 Å². The van der Waals surface area contributed by atoms with Crippen LogP contribution in [0.5, 0.6) is 0 Å². The summed E-state index contributed by atoms with van der Waals surface area (Å²) >= 11 is 0. The normalized spacial score (nSPS) is 14.0. The van der Waals surface area contributed by atoms with E-state index in [9.17, 15) is 4.39 Å². The Labute approximate surface area is 123 Å². The third kappa shape index (κ3) is 3.48. The minimum Gasteiger partial charge on any atom is -0.366 e. The second-order valence-corrected chi connectivity index (χ2v) is 5.25. The van der Waals surface area contributed by atoms with Gasteiger partial charge >= 0.3 is 0 Å². The Morgan fingerprint density at radius 1 is 1.19 bits per heavy atom. The van der Waals surface area contributed by atoms with E-state index in [0.29, 0.717) is 24.0 Å². The molecule has 2 N–H and O–H groups in total. The average molecular weight is 286 g/mol. The van der Waals surface area contributed by atoms with E-state index in [2.05, 4.69) is 20.6 Å². The summed E-state index contributed by atoms with van der Waals surface area (Å²) in [4.78, 5) is 8.94. The molecule has 110 valence electrons. The Kier molecular flexibility index (Phi) is 3.99. The fourth-order valence-corrected chi connectivity index (χ4v) is 2.21. The van der Waals surface area contributed by atoms with Crippen molar-refractivity contribution >= 4 is 11.8 Å². The molecule has 0 aliphatic heterocycles. The molecule has 0 bridgehead atoms. The maximum atomic E-state index is 13.6. The molecule has 2 aromatic rings. The van der Waals surface area contributed by atoms with Gasteiger partial charge in [-0.1, -0.05) is 18.2 Å². The number of anilines is 2. The van der Waals surface area contributed by atoms with Gasteiger partial charge in [0, 0.05) is 30.6 Å². The number of hydrogen-bond acceptors (Lipinski definition) is 4. The molecule has 1 fully saturated rings. The van der Waals surface area contributed by atoms with Crippen molar-refractivity contribution in [3.63, 3.8) is 0 Å². The van der Waals surface area contributed by atoms with Gasteiger partial charge in [-0.3, -0.25) is 0 Å². The highest BCUT2D eigenvalue weighted by molar-refractivity contribution is 5.44. The summed E-state index contributed by atoms with van der Waals surface area (Å²) in [7, 11) is 0. The molecule has 1 aliphatic rings. The summed E-state index contributed by atoms with van der Waals surface area (Å²) < 4.78 is 13.6. The van der Waals surface area contributed by atoms with Gasteiger partial charge in [-0.05, 0) is 25.8 Å². The molecule has 1 aliphatic carbocycles. The van der Waals surface area contributed by atoms with E-state index in [1.807, 2.05) is 19.1 Å². The van der Waals surface area contributed by atoms with Gasteiger partial charge in [-0.25, -0.2) is 9.37 Å². The molecule has 0 unspecified atom stereocenters. The molecule has 1 aromatic heterocycles. The maximum Gasteiger partial charge on any atom is 0.224 e. The largest absolute Gasteiger partial charge is 0.366 e. The molecule has 1 heterocycles. The Bertz CT molecular complexity index is 625. The minimum absolute atomic E-state index is 0.201. The van der Waals surface area contributed by atoms with Crippen molar-refractivity contribution in [2.24, 2.45) is 0 Å². The predicted octanol–water partition coefficient (Wildman–Crippen LogP) is 3.54. The topological polar surface area (TPSA) is 49.8 Å². The van der Waals surface area contributed by atoms with Crippen molar-refractivity contribution < 1.29 is 4.39 Å². The van der Waals surface area contributed by atoms with E-state index < -0.39 is 0 Å². The number of rotatable bonds is 6. The second kappa shape index (κ2) is 6.08. The highest BCUT2D eigenvalue weighted by Gasteiger charge is 2.26. The molecule has 4 nitrogen and oxygen atoms in total. The van der Waals surface area contributed by atoms with E-state index in [1.165, 1.54) is 18.9 Å². The van der Waals surface area contributed by atoms with Gasteiger partial charge in [-0.15, -0.1) is 0 Å². The number of nitrogens with one attached hydrogen (secondary N) is 2. The summed E-state index contributed by atoms with van der Waals surface area (Å²) in [5, 5.41) is 6.34. The first-order valence-electron chi connectivity index (χ1n) is 7.36. The van der Waals surface area contributed by atoms with E-state index in [1.54, 1.807) is 12.1 Å². The van der Waals surface area contributed by atoms with Crippen LogP contribution in [0.2, 0.25) is 0 Å². The first kappa shape index (κ1) is 13.8. The zero-order valence-corrected chi connectivity index (χ0v) is 12.1. The van der Waals surface area contributed by atoms with Crippen LogP contribution in [-0.4, -0.2) is 16.5 Å². The second-order valence-electron chi connectivity index (χ2n) is 5.25. The van der Waals surface area contributed by atoms with E-state index in [-0.39, 0.29) is 5.82 Å². The number of hydrogen-bond donors (Lipinski definition) is 2. The molecule has 0 amide bonds. The standard InChI is InChI=1S/C16H19FN4/c1-2-18-16-20-14(11-7-8-11)9-15(21-16)19-10-12-5-3-4-6-13(12)17/h3-6,9,11H,2,7-8,10H2,1H3,(H2,18,19,20,21). The molecule has 21 heavy (non-hydrogen) atoms. The minimum atomic E-state index is -0.201. The molecular formula is C16H19FN4. The van der Waals surface area contributed by atoms with Crippen molar-refractivity contribution in [1.29, 1.82) is 0 Å². The number of halogens is 1. The fraction of sp³-hybridized carbons (Fsp3) is 0.375. The van der Waals surface area contributed by atoms with Crippen molar-refractivity contribution in [3.8, 4) is 0 Å². The van der Waals surface area contributed by atoms with Crippen LogP contribution < -0.4 is 10.6 Å². The first-order valence-corrected chi connectivity index (χ1v) is 7.36. The smallest absolute Gasteiger partial charge is 0.224 e. The Hall–Kier alpha value is -2.17. The van der Waals surface area contributed by atoms with Crippen LogP contribution in [-0.2, 0) is 6.54 Å². The molecule has 0 spiro atoms. The predicted molar refractivity (Wildman–Crippen MR) is 81.9 cm³/mol. The summed E-state index contributed by atoms with van der Waals surface area (Å²) in [6.45, 7) is 3.21. The summed E-state index contributed by atoms with van der Waals surface area (Å²) in [6.07, 6.45) is 2.38. The summed E-state index contributed by atoms with van der Waals surface area (Å²) in [6, 6.07) is 8.74. The molecule has 0 atom stereocenters. The third-order valence-electron chi connectivity index (χ3n) is 3.49. The molecule has 0 radical (unpaired) electrons. The quantitative estimate of drug-likeness (QED) is 0.853. The molecule has 5 heteroatoms. The SMILES string of the molecule is CCNc1nc(NCc2ccccc2F)cc(C2CC2)n1. The molecule has 3 rings (SSSR count). The van der Waals surface area contributed by atoms with Crippen molar-refractivity contribution in [2.45, 2.75) is 32.2 Å². The van der Waals surface area contributed by atoms with Crippen LogP contribution in [0.1, 0.15) is 36.9 Å². The van der Waals surface area contributed by atoms with Crippen LogP contribution in [0, 0.1) is 5.82 Å². The molecule has 0 saturated heterocycles. The van der Waals surface area contributed by atoms with Crippen molar-refractivity contribution in [2.75, 3.05) is 17.2 Å². The van der Waals surface area contributed by atoms with E-state index in [4.69, 9.17) is 0 Å². The summed E-state index contributed by atoms with van der Waals surface area (Å²) in [5.41, 5.74) is 1.70. The fourth-order valence-electron chi connectivity index (χ4n) is 2.21. The third-order valence-corrected chi connectivity index (χ3v) is 3.49. The van der Waals surface area contributed by atoms with Crippen LogP contribution >= 0.6 is 0 Å². The van der Waals surface area contributed by atoms with Gasteiger partial charge in [0.05, 0.1) is 5.69 Å². The van der Waals surface area contributed by atoms with Crippen LogP contribution in [0.25, 0.3) is 0 Å². The Balaban J connectivity index is 1.76. The zero-order chi connectivity index (χ0) is 14.7. The maximum absolute atomic E-state index is 13.6. The average Bonchev–Trinajstić information content (AvgIpc) is 3.31. The van der Waals surface area contributed by atoms with Crippen LogP contribution in [0.3, 0.4) is 0 Å². The lowest BCUT2D eigenvalue weighted by Gasteiger charge is -2.10. The van der Waals surface area contributed by atoms with Crippen molar-refractivity contribution in [1.82, 2.24) is 9.97 Å². The van der Waals surface area contributed by atoms with Gasteiger partial charge in [0.15, 0.2) is 0 Å². The number of aromatic nitrogens is 2. The Morgan fingerprint density at radius 2 is 2.00 bits per heavy atom. The monoisotopic (exact) mass is 286 g/mol. The van der Waals surface area contributed by atoms with Gasteiger partial charge in [-0.2, -0.15) is 4.98 Å². The van der Waals surface area contributed by atoms with Gasteiger partial charge in [0.2, 0.25) is 5.95 Å². The van der Waals surface area contributed by atoms with Gasteiger partial charge in [0.1, 0.15) is 11.6 Å². The summed E-state index contributed by atoms with van der Waals surface area (Å²) in [5.74, 6) is 1.73. The molecule has 1 aromatic carbocycles. The van der Waals surface area contributed by atoms with Crippen molar-refractivity contribution in [3.05, 3.63) is 47.4 Å². The lowest BCUT2D eigenvalue weighted by atomic mass is 10.2. The van der Waals surface area contributed by atoms with E-state index in [0.717, 1.165) is 18.1 Å². The highest BCUT2D eigenvalue weighted by Crippen LogP contribution is 2.39. The van der Waals surface area contributed by atoms with E-state index >= 15 is 0 Å². The highest BCUT2D eigenvalue weighted by atomic mass is 19.1. The number of benzene rings is 1. The van der Waals surface area contributed by atoms with Crippen LogP contribution in [0.4, 0.5) is 16.2 Å². The number of nitrogens with zero attached hydrogens (tertiary/aromatic N) is 2. The molecular weight excluding hydrogens is 267 g/mol.